The van der Waals surface area contributed by atoms with E-state index in [0.717, 1.165) is 50.2 Å². The van der Waals surface area contributed by atoms with Crippen LogP contribution in [0.3, 0.4) is 0 Å². The SMILES string of the molecule is C[C@@H](OC[C@@H]1CCCCO1)C(=O)Nc1c2c(nn1C)CCC2. The molecule has 1 aromatic heterocycles. The van der Waals surface area contributed by atoms with E-state index in [1.807, 2.05) is 7.05 Å². The number of carbonyl (C=O) groups excluding carboxylic acids is 1. The number of hydrogen-bond acceptors (Lipinski definition) is 4. The molecule has 1 aliphatic heterocycles. The summed E-state index contributed by atoms with van der Waals surface area (Å²) in [5.41, 5.74) is 2.29. The van der Waals surface area contributed by atoms with Crippen LogP contribution in [0.1, 0.15) is 43.9 Å². The highest BCUT2D eigenvalue weighted by molar-refractivity contribution is 5.94. The number of ether oxygens (including phenoxy) is 2. The van der Waals surface area contributed by atoms with Crippen LogP contribution >= 0.6 is 0 Å². The van der Waals surface area contributed by atoms with Crippen LogP contribution in [0.2, 0.25) is 0 Å². The monoisotopic (exact) mass is 307 g/mol. The Hall–Kier alpha value is -1.40. The molecule has 22 heavy (non-hydrogen) atoms. The molecule has 0 unspecified atom stereocenters. The van der Waals surface area contributed by atoms with Crippen molar-refractivity contribution in [2.75, 3.05) is 18.5 Å². The van der Waals surface area contributed by atoms with Gasteiger partial charge in [-0.15, -0.1) is 0 Å². The van der Waals surface area contributed by atoms with E-state index < -0.39 is 6.10 Å². The number of aromatic nitrogens is 2. The standard InChI is InChI=1S/C16H25N3O3/c1-11(22-10-12-6-3-4-9-21-12)16(20)17-15-13-7-5-8-14(13)18-19(15)2/h11-12H,3-10H2,1-2H3,(H,17,20)/t11-,12+/m1/s1. The molecule has 3 rings (SSSR count). The second-order valence-electron chi connectivity index (χ2n) is 6.20. The molecule has 0 radical (unpaired) electrons. The second-order valence-corrected chi connectivity index (χ2v) is 6.20. The zero-order valence-electron chi connectivity index (χ0n) is 13.4. The molecule has 1 aromatic rings. The molecule has 2 atom stereocenters. The van der Waals surface area contributed by atoms with Crippen molar-refractivity contribution in [1.29, 1.82) is 0 Å². The molecular formula is C16H25N3O3. The molecule has 1 amide bonds. The van der Waals surface area contributed by atoms with Crippen molar-refractivity contribution in [3.05, 3.63) is 11.3 Å². The minimum atomic E-state index is -0.488. The van der Waals surface area contributed by atoms with E-state index in [2.05, 4.69) is 10.4 Å². The maximum Gasteiger partial charge on any atom is 0.254 e. The van der Waals surface area contributed by atoms with Crippen LogP contribution in [0.15, 0.2) is 0 Å². The van der Waals surface area contributed by atoms with Gasteiger partial charge < -0.3 is 14.8 Å². The van der Waals surface area contributed by atoms with E-state index in [1.54, 1.807) is 11.6 Å². The second kappa shape index (κ2) is 6.79. The van der Waals surface area contributed by atoms with E-state index in [9.17, 15) is 4.79 Å². The molecular weight excluding hydrogens is 282 g/mol. The summed E-state index contributed by atoms with van der Waals surface area (Å²) in [6.07, 6.45) is 6.07. The summed E-state index contributed by atoms with van der Waals surface area (Å²) < 4.78 is 13.1. The van der Waals surface area contributed by atoms with E-state index >= 15 is 0 Å². The Kier molecular flexibility index (Phi) is 4.78. The maximum absolute atomic E-state index is 12.3. The third-order valence-corrected chi connectivity index (χ3v) is 4.49. The van der Waals surface area contributed by atoms with Gasteiger partial charge in [0.25, 0.3) is 5.91 Å². The van der Waals surface area contributed by atoms with Crippen molar-refractivity contribution in [2.45, 2.75) is 57.7 Å². The molecule has 0 saturated carbocycles. The van der Waals surface area contributed by atoms with Crippen LogP contribution in [-0.4, -0.2) is 41.1 Å². The van der Waals surface area contributed by atoms with Gasteiger partial charge in [0.15, 0.2) is 0 Å². The number of carbonyl (C=O) groups is 1. The smallest absolute Gasteiger partial charge is 0.254 e. The average Bonchev–Trinajstić information content (AvgIpc) is 3.08. The number of rotatable bonds is 5. The average molecular weight is 307 g/mol. The molecule has 0 spiro atoms. The number of nitrogens with zero attached hydrogens (tertiary/aromatic N) is 2. The van der Waals surface area contributed by atoms with E-state index in [1.165, 1.54) is 12.0 Å². The lowest BCUT2D eigenvalue weighted by Gasteiger charge is -2.24. The fraction of sp³-hybridized carbons (Fsp3) is 0.750. The minimum absolute atomic E-state index is 0.117. The predicted octanol–water partition coefficient (Wildman–Crippen LogP) is 1.82. The lowest BCUT2D eigenvalue weighted by atomic mass is 10.1. The first-order valence-corrected chi connectivity index (χ1v) is 8.24. The molecule has 0 bridgehead atoms. The third-order valence-electron chi connectivity index (χ3n) is 4.49. The zero-order valence-corrected chi connectivity index (χ0v) is 13.4. The Labute approximate surface area is 131 Å². The summed E-state index contributed by atoms with van der Waals surface area (Å²) in [7, 11) is 1.87. The summed E-state index contributed by atoms with van der Waals surface area (Å²) in [4.78, 5) is 12.3. The molecule has 2 aliphatic rings. The lowest BCUT2D eigenvalue weighted by Crippen LogP contribution is -2.33. The molecule has 1 saturated heterocycles. The van der Waals surface area contributed by atoms with Gasteiger partial charge in [-0.1, -0.05) is 0 Å². The van der Waals surface area contributed by atoms with Gasteiger partial charge in [0.1, 0.15) is 11.9 Å². The van der Waals surface area contributed by atoms with Crippen LogP contribution in [-0.2, 0) is 34.2 Å². The summed E-state index contributed by atoms with van der Waals surface area (Å²) in [5, 5.41) is 7.44. The summed E-state index contributed by atoms with van der Waals surface area (Å²) in [6.45, 7) is 3.07. The van der Waals surface area contributed by atoms with Crippen LogP contribution in [0.5, 0.6) is 0 Å². The zero-order chi connectivity index (χ0) is 15.5. The van der Waals surface area contributed by atoms with Crippen molar-refractivity contribution in [3.8, 4) is 0 Å². The van der Waals surface area contributed by atoms with Crippen molar-refractivity contribution < 1.29 is 14.3 Å². The van der Waals surface area contributed by atoms with Gasteiger partial charge in [-0.3, -0.25) is 9.48 Å². The predicted molar refractivity (Wildman–Crippen MR) is 82.9 cm³/mol. The first-order chi connectivity index (χ1) is 10.6. The summed E-state index contributed by atoms with van der Waals surface area (Å²) >= 11 is 0. The number of amides is 1. The number of anilines is 1. The van der Waals surface area contributed by atoms with E-state index in [4.69, 9.17) is 9.47 Å². The lowest BCUT2D eigenvalue weighted by molar-refractivity contribution is -0.130. The third kappa shape index (κ3) is 3.33. The molecule has 6 nitrogen and oxygen atoms in total. The van der Waals surface area contributed by atoms with Gasteiger partial charge in [-0.05, 0) is 45.4 Å². The van der Waals surface area contributed by atoms with Gasteiger partial charge >= 0.3 is 0 Å². The Bertz CT molecular complexity index is 535. The van der Waals surface area contributed by atoms with Crippen LogP contribution < -0.4 is 5.32 Å². The Morgan fingerprint density at radius 3 is 3.09 bits per heavy atom. The van der Waals surface area contributed by atoms with Crippen molar-refractivity contribution in [2.24, 2.45) is 7.05 Å². The Morgan fingerprint density at radius 2 is 2.32 bits per heavy atom. The highest BCUT2D eigenvalue weighted by atomic mass is 16.5. The molecule has 1 aliphatic carbocycles. The molecule has 0 aromatic carbocycles. The topological polar surface area (TPSA) is 65.4 Å². The molecule has 6 heteroatoms. The van der Waals surface area contributed by atoms with E-state index in [0.29, 0.717) is 6.61 Å². The fourth-order valence-electron chi connectivity index (χ4n) is 3.16. The Balaban J connectivity index is 1.53. The number of fused-ring (bicyclic) bond motifs is 1. The maximum atomic E-state index is 12.3. The van der Waals surface area contributed by atoms with Gasteiger partial charge in [0, 0.05) is 19.2 Å². The van der Waals surface area contributed by atoms with Crippen molar-refractivity contribution >= 4 is 11.7 Å². The normalized spacial score (nSPS) is 22.4. The number of hydrogen-bond donors (Lipinski definition) is 1. The fourth-order valence-corrected chi connectivity index (χ4v) is 3.16. The van der Waals surface area contributed by atoms with E-state index in [-0.39, 0.29) is 12.0 Å². The molecule has 1 fully saturated rings. The van der Waals surface area contributed by atoms with Crippen LogP contribution in [0, 0.1) is 0 Å². The highest BCUT2D eigenvalue weighted by Gasteiger charge is 2.24. The molecule has 122 valence electrons. The quantitative estimate of drug-likeness (QED) is 0.901. The summed E-state index contributed by atoms with van der Waals surface area (Å²) in [5.74, 6) is 0.704. The minimum Gasteiger partial charge on any atom is -0.376 e. The van der Waals surface area contributed by atoms with Crippen LogP contribution in [0.25, 0.3) is 0 Å². The number of aryl methyl sites for hydroxylation is 2. The van der Waals surface area contributed by atoms with Gasteiger partial charge in [0.2, 0.25) is 0 Å². The van der Waals surface area contributed by atoms with Crippen LogP contribution in [0.4, 0.5) is 5.82 Å². The first-order valence-electron chi connectivity index (χ1n) is 8.24. The first kappa shape index (κ1) is 15.5. The van der Waals surface area contributed by atoms with Gasteiger partial charge in [-0.25, -0.2) is 0 Å². The Morgan fingerprint density at radius 1 is 1.45 bits per heavy atom. The van der Waals surface area contributed by atoms with Gasteiger partial charge in [-0.2, -0.15) is 5.10 Å². The molecule has 2 heterocycles. The van der Waals surface area contributed by atoms with Crippen molar-refractivity contribution in [3.63, 3.8) is 0 Å². The summed E-state index contributed by atoms with van der Waals surface area (Å²) in [6, 6.07) is 0. The largest absolute Gasteiger partial charge is 0.376 e. The molecule has 1 N–H and O–H groups in total. The number of nitrogens with one attached hydrogen (secondary N) is 1. The highest BCUT2D eigenvalue weighted by Crippen LogP contribution is 2.28. The van der Waals surface area contributed by atoms with Crippen molar-refractivity contribution in [1.82, 2.24) is 9.78 Å². The van der Waals surface area contributed by atoms with Gasteiger partial charge in [0.05, 0.1) is 18.4 Å².